The van der Waals surface area contributed by atoms with Gasteiger partial charge in [0.2, 0.25) is 11.8 Å². The summed E-state index contributed by atoms with van der Waals surface area (Å²) in [5.74, 6) is 0.0875. The SMILES string of the molecule is CCNC(=O)[C@@H]1C[C@H](NC(=O)CCc2ccccc2)CN1Cc1ccccc1. The minimum atomic E-state index is -0.209. The van der Waals surface area contributed by atoms with E-state index in [0.29, 0.717) is 32.5 Å². The Morgan fingerprint density at radius 1 is 1.00 bits per heavy atom. The molecule has 2 atom stereocenters. The zero-order valence-electron chi connectivity index (χ0n) is 16.4. The maximum absolute atomic E-state index is 12.5. The lowest BCUT2D eigenvalue weighted by Gasteiger charge is -2.23. The fourth-order valence-corrected chi connectivity index (χ4v) is 3.77. The molecule has 1 aliphatic rings. The van der Waals surface area contributed by atoms with Crippen molar-refractivity contribution in [2.75, 3.05) is 13.1 Å². The van der Waals surface area contributed by atoms with Crippen molar-refractivity contribution in [3.05, 3.63) is 71.8 Å². The van der Waals surface area contributed by atoms with E-state index in [9.17, 15) is 9.59 Å². The Balaban J connectivity index is 1.57. The van der Waals surface area contributed by atoms with Gasteiger partial charge in [0.15, 0.2) is 0 Å². The number of rotatable bonds is 8. The number of carbonyl (C=O) groups excluding carboxylic acids is 2. The van der Waals surface area contributed by atoms with Gasteiger partial charge in [-0.05, 0) is 30.9 Å². The van der Waals surface area contributed by atoms with E-state index in [1.54, 1.807) is 0 Å². The minimum Gasteiger partial charge on any atom is -0.355 e. The molecule has 3 rings (SSSR count). The molecule has 1 fully saturated rings. The van der Waals surface area contributed by atoms with E-state index in [1.165, 1.54) is 5.56 Å². The molecule has 148 valence electrons. The highest BCUT2D eigenvalue weighted by Gasteiger charge is 2.37. The van der Waals surface area contributed by atoms with Crippen LogP contribution in [0.1, 0.15) is 30.9 Å². The molecule has 1 saturated heterocycles. The van der Waals surface area contributed by atoms with Crippen LogP contribution in [0.4, 0.5) is 0 Å². The van der Waals surface area contributed by atoms with Crippen LogP contribution in [0.25, 0.3) is 0 Å². The van der Waals surface area contributed by atoms with Gasteiger partial charge in [0, 0.05) is 32.1 Å². The molecule has 0 aliphatic carbocycles. The molecule has 0 saturated carbocycles. The Labute approximate surface area is 167 Å². The molecular weight excluding hydrogens is 350 g/mol. The second-order valence-corrected chi connectivity index (χ2v) is 7.31. The molecule has 2 aromatic carbocycles. The Morgan fingerprint density at radius 2 is 1.64 bits per heavy atom. The first kappa shape index (κ1) is 20.1. The zero-order valence-corrected chi connectivity index (χ0v) is 16.4. The van der Waals surface area contributed by atoms with Gasteiger partial charge in [-0.3, -0.25) is 14.5 Å². The number of amides is 2. The number of hydrogen-bond acceptors (Lipinski definition) is 3. The van der Waals surface area contributed by atoms with Crippen LogP contribution in [0.15, 0.2) is 60.7 Å². The van der Waals surface area contributed by atoms with Gasteiger partial charge in [-0.1, -0.05) is 60.7 Å². The molecule has 1 heterocycles. The molecule has 0 bridgehead atoms. The van der Waals surface area contributed by atoms with Crippen molar-refractivity contribution in [1.29, 1.82) is 0 Å². The van der Waals surface area contributed by atoms with Gasteiger partial charge in [-0.2, -0.15) is 0 Å². The van der Waals surface area contributed by atoms with Crippen LogP contribution in [0, 0.1) is 0 Å². The van der Waals surface area contributed by atoms with Gasteiger partial charge in [0.1, 0.15) is 0 Å². The topological polar surface area (TPSA) is 61.4 Å². The van der Waals surface area contributed by atoms with Crippen LogP contribution in [0.3, 0.4) is 0 Å². The van der Waals surface area contributed by atoms with Crippen molar-refractivity contribution < 1.29 is 9.59 Å². The summed E-state index contributed by atoms with van der Waals surface area (Å²) in [5, 5.41) is 6.06. The van der Waals surface area contributed by atoms with Gasteiger partial charge in [0.25, 0.3) is 0 Å². The normalized spacial score (nSPS) is 19.3. The number of nitrogens with zero attached hydrogens (tertiary/aromatic N) is 1. The lowest BCUT2D eigenvalue weighted by molar-refractivity contribution is -0.125. The number of carbonyl (C=O) groups is 2. The molecule has 5 heteroatoms. The maximum Gasteiger partial charge on any atom is 0.237 e. The minimum absolute atomic E-state index is 0.000378. The van der Waals surface area contributed by atoms with Crippen molar-refractivity contribution in [1.82, 2.24) is 15.5 Å². The third-order valence-electron chi connectivity index (χ3n) is 5.13. The first-order valence-corrected chi connectivity index (χ1v) is 10.0. The second-order valence-electron chi connectivity index (χ2n) is 7.31. The third kappa shape index (κ3) is 5.67. The smallest absolute Gasteiger partial charge is 0.237 e. The van der Waals surface area contributed by atoms with Crippen LogP contribution in [-0.4, -0.2) is 41.9 Å². The highest BCUT2D eigenvalue weighted by Crippen LogP contribution is 2.21. The molecule has 0 unspecified atom stereocenters. The lowest BCUT2D eigenvalue weighted by atomic mass is 10.1. The molecular formula is C23H29N3O2. The predicted molar refractivity (Wildman–Crippen MR) is 111 cm³/mol. The molecule has 28 heavy (non-hydrogen) atoms. The van der Waals surface area contributed by atoms with Crippen molar-refractivity contribution in [2.45, 2.75) is 44.8 Å². The monoisotopic (exact) mass is 379 g/mol. The third-order valence-corrected chi connectivity index (χ3v) is 5.13. The second kappa shape index (κ2) is 10.0. The Bertz CT molecular complexity index is 764. The van der Waals surface area contributed by atoms with Gasteiger partial charge < -0.3 is 10.6 Å². The van der Waals surface area contributed by atoms with Gasteiger partial charge in [-0.15, -0.1) is 0 Å². The molecule has 5 nitrogen and oxygen atoms in total. The summed E-state index contributed by atoms with van der Waals surface area (Å²) in [6, 6.07) is 20.0. The number of benzene rings is 2. The zero-order chi connectivity index (χ0) is 19.8. The van der Waals surface area contributed by atoms with E-state index in [-0.39, 0.29) is 23.9 Å². The Kier molecular flexibility index (Phi) is 7.20. The molecule has 0 spiro atoms. The van der Waals surface area contributed by atoms with Crippen molar-refractivity contribution in [3.63, 3.8) is 0 Å². The number of likely N-dealkylation sites (N-methyl/N-ethyl adjacent to an activating group) is 1. The van der Waals surface area contributed by atoms with E-state index in [4.69, 9.17) is 0 Å². The fraction of sp³-hybridized carbons (Fsp3) is 0.391. The predicted octanol–water partition coefficient (Wildman–Crippen LogP) is 2.51. The fourth-order valence-electron chi connectivity index (χ4n) is 3.77. The quantitative estimate of drug-likeness (QED) is 0.741. The van der Waals surface area contributed by atoms with Crippen LogP contribution in [0.5, 0.6) is 0 Å². The molecule has 2 amide bonds. The summed E-state index contributed by atoms with van der Waals surface area (Å²) in [4.78, 5) is 27.1. The van der Waals surface area contributed by atoms with Crippen molar-refractivity contribution >= 4 is 11.8 Å². The molecule has 0 aromatic heterocycles. The average molecular weight is 380 g/mol. The van der Waals surface area contributed by atoms with Crippen molar-refractivity contribution in [2.24, 2.45) is 0 Å². The summed E-state index contributed by atoms with van der Waals surface area (Å²) in [6.45, 7) is 3.94. The highest BCUT2D eigenvalue weighted by atomic mass is 16.2. The summed E-state index contributed by atoms with van der Waals surface area (Å²) < 4.78 is 0. The van der Waals surface area contributed by atoms with E-state index in [1.807, 2.05) is 55.5 Å². The van der Waals surface area contributed by atoms with Crippen LogP contribution >= 0.6 is 0 Å². The van der Waals surface area contributed by atoms with Crippen molar-refractivity contribution in [3.8, 4) is 0 Å². The van der Waals surface area contributed by atoms with Crippen LogP contribution in [-0.2, 0) is 22.6 Å². The number of aryl methyl sites for hydroxylation is 1. The Hall–Kier alpha value is -2.66. The van der Waals surface area contributed by atoms with Crippen LogP contribution in [0.2, 0.25) is 0 Å². The van der Waals surface area contributed by atoms with Gasteiger partial charge >= 0.3 is 0 Å². The maximum atomic E-state index is 12.5. The summed E-state index contributed by atoms with van der Waals surface area (Å²) in [6.07, 6.45) is 1.84. The average Bonchev–Trinajstić information content (AvgIpc) is 3.10. The summed E-state index contributed by atoms with van der Waals surface area (Å²) in [5.41, 5.74) is 2.34. The Morgan fingerprint density at radius 3 is 2.29 bits per heavy atom. The standard InChI is InChI=1S/C23H29N3O2/c1-2-24-23(28)21-15-20(17-26(21)16-19-11-7-4-8-12-19)25-22(27)14-13-18-9-5-3-6-10-18/h3-12,20-21H,2,13-17H2,1H3,(H,24,28)(H,25,27)/t20-,21-/m0/s1. The number of nitrogens with one attached hydrogen (secondary N) is 2. The molecule has 1 aliphatic heterocycles. The number of hydrogen-bond donors (Lipinski definition) is 2. The molecule has 0 radical (unpaired) electrons. The summed E-state index contributed by atoms with van der Waals surface area (Å²) >= 11 is 0. The largest absolute Gasteiger partial charge is 0.355 e. The highest BCUT2D eigenvalue weighted by molar-refractivity contribution is 5.82. The lowest BCUT2D eigenvalue weighted by Crippen LogP contribution is -2.42. The van der Waals surface area contributed by atoms with E-state index in [0.717, 1.165) is 12.0 Å². The van der Waals surface area contributed by atoms with Gasteiger partial charge in [-0.25, -0.2) is 0 Å². The van der Waals surface area contributed by atoms with Crippen LogP contribution < -0.4 is 10.6 Å². The first-order chi connectivity index (χ1) is 13.7. The van der Waals surface area contributed by atoms with E-state index < -0.39 is 0 Å². The summed E-state index contributed by atoms with van der Waals surface area (Å²) in [7, 11) is 0. The molecule has 2 aromatic rings. The van der Waals surface area contributed by atoms with E-state index >= 15 is 0 Å². The first-order valence-electron chi connectivity index (χ1n) is 10.0. The number of likely N-dealkylation sites (tertiary alicyclic amines) is 1. The molecule has 2 N–H and O–H groups in total. The van der Waals surface area contributed by atoms with Gasteiger partial charge in [0.05, 0.1) is 6.04 Å². The van der Waals surface area contributed by atoms with E-state index in [2.05, 4.69) is 27.7 Å².